The van der Waals surface area contributed by atoms with E-state index in [1.807, 2.05) is 30.0 Å². The third-order valence-corrected chi connectivity index (χ3v) is 8.30. The summed E-state index contributed by atoms with van der Waals surface area (Å²) in [5.41, 5.74) is 1.06. The maximum absolute atomic E-state index is 13.6. The van der Waals surface area contributed by atoms with Crippen molar-refractivity contribution in [2.45, 2.75) is 84.2 Å². The fourth-order valence-electron chi connectivity index (χ4n) is 5.85. The molecule has 0 bridgehead atoms. The second kappa shape index (κ2) is 13.5. The van der Waals surface area contributed by atoms with Gasteiger partial charge in [0.25, 0.3) is 5.91 Å². The number of ether oxygens (including phenoxy) is 2. The van der Waals surface area contributed by atoms with E-state index < -0.39 is 11.5 Å². The van der Waals surface area contributed by atoms with Crippen LogP contribution in [0.25, 0.3) is 0 Å². The topological polar surface area (TPSA) is 100 Å². The molecule has 0 aromatic heterocycles. The van der Waals surface area contributed by atoms with Gasteiger partial charge in [0.05, 0.1) is 24.3 Å². The van der Waals surface area contributed by atoms with Crippen molar-refractivity contribution in [2.24, 2.45) is 5.41 Å². The molecule has 3 heterocycles. The second-order valence-corrected chi connectivity index (χ2v) is 11.4. The fraction of sp³-hybridized carbons (Fsp3) is 0.700. The quantitative estimate of drug-likeness (QED) is 0.591. The Morgan fingerprint density at radius 1 is 1.03 bits per heavy atom. The van der Waals surface area contributed by atoms with E-state index in [1.165, 1.54) is 0 Å². The molecule has 0 unspecified atom stereocenters. The summed E-state index contributed by atoms with van der Waals surface area (Å²) >= 11 is 0. The second-order valence-electron chi connectivity index (χ2n) is 11.4. The van der Waals surface area contributed by atoms with Crippen molar-refractivity contribution >= 4 is 23.4 Å². The molecular weight excluding hydrogens is 496 g/mol. The van der Waals surface area contributed by atoms with Crippen molar-refractivity contribution < 1.29 is 23.9 Å². The van der Waals surface area contributed by atoms with E-state index in [0.29, 0.717) is 51.3 Å². The monoisotopic (exact) mass is 542 g/mol. The normalized spacial score (nSPS) is 24.8. The molecule has 0 radical (unpaired) electrons. The Balaban J connectivity index is 1.46. The number of rotatable bonds is 5. The molecule has 3 saturated heterocycles. The van der Waals surface area contributed by atoms with Crippen LogP contribution < -0.4 is 20.3 Å². The molecule has 1 spiro atoms. The number of likely N-dealkylation sites (tertiary alicyclic amines) is 1. The van der Waals surface area contributed by atoms with Crippen molar-refractivity contribution in [2.75, 3.05) is 50.9 Å². The molecule has 3 fully saturated rings. The lowest BCUT2D eigenvalue weighted by Crippen LogP contribution is -2.55. The van der Waals surface area contributed by atoms with E-state index in [2.05, 4.69) is 22.5 Å². The highest BCUT2D eigenvalue weighted by molar-refractivity contribution is 5.96. The number of hydrogen-bond donors (Lipinski definition) is 2. The Bertz CT molecular complexity index is 1000. The molecule has 3 aliphatic rings. The van der Waals surface area contributed by atoms with Crippen molar-refractivity contribution in [3.8, 4) is 5.75 Å². The zero-order chi connectivity index (χ0) is 27.8. The van der Waals surface area contributed by atoms with Gasteiger partial charge in [0.1, 0.15) is 11.8 Å². The van der Waals surface area contributed by atoms with Gasteiger partial charge in [-0.1, -0.05) is 13.3 Å². The van der Waals surface area contributed by atoms with Crippen LogP contribution in [0.15, 0.2) is 18.2 Å². The lowest BCUT2D eigenvalue weighted by Gasteiger charge is -2.41. The van der Waals surface area contributed by atoms with Crippen LogP contribution in [0.4, 0.5) is 5.69 Å². The number of carbonyl (C=O) groups is 3. The van der Waals surface area contributed by atoms with Gasteiger partial charge in [0, 0.05) is 44.4 Å². The molecule has 4 rings (SSSR count). The van der Waals surface area contributed by atoms with Crippen LogP contribution in [-0.4, -0.2) is 80.7 Å². The minimum Gasteiger partial charge on any atom is -0.491 e. The highest BCUT2D eigenvalue weighted by atomic mass is 16.5. The van der Waals surface area contributed by atoms with Gasteiger partial charge in [-0.15, -0.1) is 0 Å². The first-order valence-corrected chi connectivity index (χ1v) is 14.8. The third kappa shape index (κ3) is 7.24. The van der Waals surface area contributed by atoms with E-state index in [-0.39, 0.29) is 23.8 Å². The fourth-order valence-corrected chi connectivity index (χ4v) is 5.85. The summed E-state index contributed by atoms with van der Waals surface area (Å²) in [4.78, 5) is 43.9. The maximum atomic E-state index is 13.6. The van der Waals surface area contributed by atoms with Crippen LogP contribution in [0.5, 0.6) is 5.75 Å². The van der Waals surface area contributed by atoms with Crippen molar-refractivity contribution in [1.82, 2.24) is 15.5 Å². The zero-order valence-corrected chi connectivity index (χ0v) is 23.9. The molecule has 9 nitrogen and oxygen atoms in total. The number of amides is 3. The summed E-state index contributed by atoms with van der Waals surface area (Å²) in [5, 5.41) is 5.89. The van der Waals surface area contributed by atoms with Gasteiger partial charge >= 0.3 is 0 Å². The number of hydrogen-bond acceptors (Lipinski definition) is 6. The Morgan fingerprint density at radius 3 is 2.49 bits per heavy atom. The molecule has 1 aromatic rings. The lowest BCUT2D eigenvalue weighted by molar-refractivity contribution is -0.137. The Kier molecular flexibility index (Phi) is 10.1. The van der Waals surface area contributed by atoms with E-state index in [0.717, 1.165) is 63.1 Å². The Labute approximate surface area is 233 Å². The number of nitrogens with zero attached hydrogens (tertiary/aromatic N) is 2. The third-order valence-electron chi connectivity index (χ3n) is 8.30. The Hall–Kier alpha value is -2.81. The van der Waals surface area contributed by atoms with Gasteiger partial charge in [-0.05, 0) is 77.0 Å². The summed E-state index contributed by atoms with van der Waals surface area (Å²) in [6.07, 6.45) is 6.82. The number of carbonyl (C=O) groups excluding carboxylic acids is 3. The molecule has 216 valence electrons. The SMILES string of the molecule is CCCOc1ccc(C(=O)N2CCC3(CCCCOC[C@H](C)NC(=O)[C@H](C)NC3=O)CC2)cc1N1CCCC1. The maximum Gasteiger partial charge on any atom is 0.253 e. The highest BCUT2D eigenvalue weighted by Gasteiger charge is 2.42. The molecule has 2 atom stereocenters. The van der Waals surface area contributed by atoms with Crippen LogP contribution in [0, 0.1) is 5.41 Å². The van der Waals surface area contributed by atoms with E-state index in [9.17, 15) is 14.4 Å². The smallest absolute Gasteiger partial charge is 0.253 e. The van der Waals surface area contributed by atoms with Gasteiger partial charge < -0.3 is 29.9 Å². The summed E-state index contributed by atoms with van der Waals surface area (Å²) in [7, 11) is 0. The molecule has 0 aliphatic carbocycles. The van der Waals surface area contributed by atoms with Gasteiger partial charge in [0.15, 0.2) is 0 Å². The summed E-state index contributed by atoms with van der Waals surface area (Å²) in [6, 6.07) is 5.04. The molecular formula is C30H46N4O5. The van der Waals surface area contributed by atoms with Gasteiger partial charge in [-0.2, -0.15) is 0 Å². The van der Waals surface area contributed by atoms with Gasteiger partial charge in [-0.3, -0.25) is 14.4 Å². The van der Waals surface area contributed by atoms with Crippen LogP contribution in [0.2, 0.25) is 0 Å². The molecule has 39 heavy (non-hydrogen) atoms. The van der Waals surface area contributed by atoms with E-state index in [1.54, 1.807) is 6.92 Å². The number of anilines is 1. The first kappa shape index (κ1) is 29.2. The van der Waals surface area contributed by atoms with Crippen molar-refractivity contribution in [3.63, 3.8) is 0 Å². The number of benzene rings is 1. The molecule has 0 saturated carbocycles. The summed E-state index contributed by atoms with van der Waals surface area (Å²) < 4.78 is 11.7. The largest absolute Gasteiger partial charge is 0.491 e. The molecule has 2 N–H and O–H groups in total. The van der Waals surface area contributed by atoms with Gasteiger partial charge in [0.2, 0.25) is 11.8 Å². The standard InChI is InChI=1S/C30H46N4O5/c1-4-18-39-26-10-9-24(20-25(26)33-14-6-7-15-33)28(36)34-16-12-30(13-17-34)11-5-8-19-38-21-22(2)31-27(35)23(3)32-29(30)37/h9-10,20,22-23H,4-8,11-19,21H2,1-3H3,(H,31,35)(H,32,37)/t22-,23-/m0/s1. The molecule has 3 aliphatic heterocycles. The molecule has 9 heteroatoms. The summed E-state index contributed by atoms with van der Waals surface area (Å²) in [5.74, 6) is 0.540. The van der Waals surface area contributed by atoms with Crippen LogP contribution >= 0.6 is 0 Å². The number of piperidine rings is 1. The molecule has 3 amide bonds. The first-order chi connectivity index (χ1) is 18.8. The number of nitrogens with one attached hydrogen (secondary N) is 2. The summed E-state index contributed by atoms with van der Waals surface area (Å²) in [6.45, 7) is 10.4. The minimum absolute atomic E-state index is 0.00692. The minimum atomic E-state index is -0.630. The predicted octanol–water partition coefficient (Wildman–Crippen LogP) is 3.51. The van der Waals surface area contributed by atoms with Crippen LogP contribution in [0.3, 0.4) is 0 Å². The predicted molar refractivity (Wildman–Crippen MR) is 151 cm³/mol. The first-order valence-electron chi connectivity index (χ1n) is 14.8. The average molecular weight is 543 g/mol. The van der Waals surface area contributed by atoms with Gasteiger partial charge in [-0.25, -0.2) is 0 Å². The van der Waals surface area contributed by atoms with E-state index >= 15 is 0 Å². The average Bonchev–Trinajstić information content (AvgIpc) is 3.48. The van der Waals surface area contributed by atoms with Crippen molar-refractivity contribution in [3.05, 3.63) is 23.8 Å². The van der Waals surface area contributed by atoms with Crippen LogP contribution in [0.1, 0.15) is 82.5 Å². The lowest BCUT2D eigenvalue weighted by atomic mass is 9.73. The van der Waals surface area contributed by atoms with Crippen molar-refractivity contribution in [1.29, 1.82) is 0 Å². The molecule has 1 aromatic carbocycles. The van der Waals surface area contributed by atoms with Crippen LogP contribution in [-0.2, 0) is 14.3 Å². The zero-order valence-electron chi connectivity index (χ0n) is 23.9. The Morgan fingerprint density at radius 2 is 1.77 bits per heavy atom. The van der Waals surface area contributed by atoms with E-state index in [4.69, 9.17) is 9.47 Å². The highest BCUT2D eigenvalue weighted by Crippen LogP contribution is 2.38.